The molecule has 56 valence electrons. The highest BCUT2D eigenvalue weighted by molar-refractivity contribution is 5.88. The molecule has 0 saturated carbocycles. The molecule has 0 bridgehead atoms. The SMILES string of the molecule is COC(=O)C1=CCCNC1. The van der Waals surface area contributed by atoms with Crippen molar-refractivity contribution >= 4 is 5.97 Å². The van der Waals surface area contributed by atoms with Crippen molar-refractivity contribution in [2.45, 2.75) is 6.42 Å². The first-order chi connectivity index (χ1) is 4.84. The lowest BCUT2D eigenvalue weighted by molar-refractivity contribution is -0.136. The number of esters is 1. The van der Waals surface area contributed by atoms with Crippen molar-refractivity contribution in [1.29, 1.82) is 0 Å². The molecule has 1 aliphatic rings. The Bertz CT molecular complexity index is 163. The minimum atomic E-state index is -0.216. The van der Waals surface area contributed by atoms with Crippen LogP contribution >= 0.6 is 0 Å². The summed E-state index contributed by atoms with van der Waals surface area (Å²) in [5.41, 5.74) is 0.744. The molecule has 3 heteroatoms. The van der Waals surface area contributed by atoms with Crippen LogP contribution in [0.15, 0.2) is 11.6 Å². The molecule has 0 atom stereocenters. The molecule has 0 spiro atoms. The summed E-state index contributed by atoms with van der Waals surface area (Å²) in [6.45, 7) is 1.60. The molecule has 0 unspecified atom stereocenters. The molecular weight excluding hydrogens is 130 g/mol. The van der Waals surface area contributed by atoms with Crippen molar-refractivity contribution in [3.8, 4) is 0 Å². The Hall–Kier alpha value is -0.830. The monoisotopic (exact) mass is 141 g/mol. The Morgan fingerprint density at radius 1 is 1.80 bits per heavy atom. The predicted molar refractivity (Wildman–Crippen MR) is 37.6 cm³/mol. The van der Waals surface area contributed by atoms with E-state index in [2.05, 4.69) is 10.1 Å². The Balaban J connectivity index is 2.53. The van der Waals surface area contributed by atoms with E-state index in [0.717, 1.165) is 18.5 Å². The maximum Gasteiger partial charge on any atom is 0.334 e. The highest BCUT2D eigenvalue weighted by atomic mass is 16.5. The molecule has 0 aromatic rings. The molecule has 1 N–H and O–H groups in total. The number of nitrogens with one attached hydrogen (secondary N) is 1. The minimum absolute atomic E-state index is 0.216. The highest BCUT2D eigenvalue weighted by Crippen LogP contribution is 2.01. The number of ether oxygens (including phenoxy) is 1. The van der Waals surface area contributed by atoms with Crippen LogP contribution in [0.5, 0.6) is 0 Å². The summed E-state index contributed by atoms with van der Waals surface area (Å²) in [5, 5.41) is 3.08. The molecule has 0 aromatic carbocycles. The average Bonchev–Trinajstić information content (AvgIpc) is 2.05. The maximum absolute atomic E-state index is 10.8. The van der Waals surface area contributed by atoms with Crippen LogP contribution in [-0.2, 0) is 9.53 Å². The van der Waals surface area contributed by atoms with Gasteiger partial charge in [0, 0.05) is 12.1 Å². The maximum atomic E-state index is 10.8. The van der Waals surface area contributed by atoms with Crippen molar-refractivity contribution in [2.75, 3.05) is 20.2 Å². The molecule has 0 radical (unpaired) electrons. The van der Waals surface area contributed by atoms with Crippen LogP contribution in [0.2, 0.25) is 0 Å². The molecule has 1 heterocycles. The first kappa shape index (κ1) is 7.28. The molecular formula is C7H11NO2. The van der Waals surface area contributed by atoms with Crippen molar-refractivity contribution < 1.29 is 9.53 Å². The summed E-state index contributed by atoms with van der Waals surface area (Å²) in [4.78, 5) is 10.8. The summed E-state index contributed by atoms with van der Waals surface area (Å²) in [5.74, 6) is -0.216. The van der Waals surface area contributed by atoms with Crippen LogP contribution in [0.1, 0.15) is 6.42 Å². The molecule has 0 aliphatic carbocycles. The van der Waals surface area contributed by atoms with E-state index in [1.165, 1.54) is 7.11 Å². The first-order valence-electron chi connectivity index (χ1n) is 3.32. The van der Waals surface area contributed by atoms with Gasteiger partial charge in [-0.05, 0) is 13.0 Å². The second kappa shape index (κ2) is 3.37. The zero-order chi connectivity index (χ0) is 7.40. The smallest absolute Gasteiger partial charge is 0.334 e. The fourth-order valence-electron chi connectivity index (χ4n) is 0.930. The van der Waals surface area contributed by atoms with Gasteiger partial charge in [0.25, 0.3) is 0 Å². The number of hydrogen-bond acceptors (Lipinski definition) is 3. The molecule has 0 aromatic heterocycles. The summed E-state index contributed by atoms with van der Waals surface area (Å²) in [7, 11) is 1.40. The molecule has 0 fully saturated rings. The molecule has 3 nitrogen and oxygen atoms in total. The number of hydrogen-bond donors (Lipinski definition) is 1. The third kappa shape index (κ3) is 1.57. The molecule has 10 heavy (non-hydrogen) atoms. The number of rotatable bonds is 1. The fraction of sp³-hybridized carbons (Fsp3) is 0.571. The largest absolute Gasteiger partial charge is 0.466 e. The van der Waals surface area contributed by atoms with Gasteiger partial charge >= 0.3 is 5.97 Å². The van der Waals surface area contributed by atoms with E-state index in [0.29, 0.717) is 6.54 Å². The van der Waals surface area contributed by atoms with Gasteiger partial charge in [-0.15, -0.1) is 0 Å². The zero-order valence-corrected chi connectivity index (χ0v) is 6.02. The minimum Gasteiger partial charge on any atom is -0.466 e. The van der Waals surface area contributed by atoms with Crippen LogP contribution in [0.3, 0.4) is 0 Å². The molecule has 1 rings (SSSR count). The Morgan fingerprint density at radius 3 is 3.10 bits per heavy atom. The average molecular weight is 141 g/mol. The van der Waals surface area contributed by atoms with Gasteiger partial charge in [0.2, 0.25) is 0 Å². The van der Waals surface area contributed by atoms with Crippen molar-refractivity contribution in [1.82, 2.24) is 5.32 Å². The van der Waals surface area contributed by atoms with Crippen molar-refractivity contribution in [3.63, 3.8) is 0 Å². The van der Waals surface area contributed by atoms with E-state index in [-0.39, 0.29) is 5.97 Å². The topological polar surface area (TPSA) is 38.3 Å². The Morgan fingerprint density at radius 2 is 2.60 bits per heavy atom. The lowest BCUT2D eigenvalue weighted by atomic mass is 10.1. The van der Waals surface area contributed by atoms with Gasteiger partial charge in [0.15, 0.2) is 0 Å². The van der Waals surface area contributed by atoms with Crippen LogP contribution in [0.25, 0.3) is 0 Å². The van der Waals surface area contributed by atoms with E-state index < -0.39 is 0 Å². The first-order valence-corrected chi connectivity index (χ1v) is 3.32. The number of carbonyl (C=O) groups is 1. The second-order valence-corrected chi connectivity index (χ2v) is 2.19. The number of carbonyl (C=O) groups excluding carboxylic acids is 1. The summed E-state index contributed by atoms with van der Waals surface area (Å²) in [6, 6.07) is 0. The van der Waals surface area contributed by atoms with Gasteiger partial charge in [-0.1, -0.05) is 6.08 Å². The third-order valence-electron chi connectivity index (χ3n) is 1.47. The van der Waals surface area contributed by atoms with E-state index in [4.69, 9.17) is 0 Å². The van der Waals surface area contributed by atoms with Gasteiger partial charge in [0.1, 0.15) is 0 Å². The Labute approximate surface area is 60.1 Å². The van der Waals surface area contributed by atoms with Gasteiger partial charge in [-0.3, -0.25) is 0 Å². The summed E-state index contributed by atoms with van der Waals surface area (Å²) >= 11 is 0. The third-order valence-corrected chi connectivity index (χ3v) is 1.47. The van der Waals surface area contributed by atoms with E-state index in [1.807, 2.05) is 6.08 Å². The predicted octanol–water partition coefficient (Wildman–Crippen LogP) is 0.0791. The van der Waals surface area contributed by atoms with Crippen LogP contribution in [0, 0.1) is 0 Å². The van der Waals surface area contributed by atoms with Gasteiger partial charge in [-0.2, -0.15) is 0 Å². The number of methoxy groups -OCH3 is 1. The molecule has 0 amide bonds. The zero-order valence-electron chi connectivity index (χ0n) is 6.02. The van der Waals surface area contributed by atoms with Crippen molar-refractivity contribution in [2.24, 2.45) is 0 Å². The fourth-order valence-corrected chi connectivity index (χ4v) is 0.930. The standard InChI is InChI=1S/C7H11NO2/c1-10-7(9)6-3-2-4-8-5-6/h3,8H,2,4-5H2,1H3. The van der Waals surface area contributed by atoms with Crippen LogP contribution < -0.4 is 5.32 Å². The highest BCUT2D eigenvalue weighted by Gasteiger charge is 2.10. The molecule has 0 saturated heterocycles. The lowest BCUT2D eigenvalue weighted by Gasteiger charge is -2.11. The van der Waals surface area contributed by atoms with Crippen LogP contribution in [0.4, 0.5) is 0 Å². The van der Waals surface area contributed by atoms with Gasteiger partial charge < -0.3 is 10.1 Å². The van der Waals surface area contributed by atoms with Crippen molar-refractivity contribution in [3.05, 3.63) is 11.6 Å². The van der Waals surface area contributed by atoms with Crippen LogP contribution in [-0.4, -0.2) is 26.2 Å². The van der Waals surface area contributed by atoms with E-state index >= 15 is 0 Å². The molecule has 1 aliphatic heterocycles. The van der Waals surface area contributed by atoms with E-state index in [1.54, 1.807) is 0 Å². The lowest BCUT2D eigenvalue weighted by Crippen LogP contribution is -2.26. The quantitative estimate of drug-likeness (QED) is 0.525. The van der Waals surface area contributed by atoms with Gasteiger partial charge in [0.05, 0.1) is 7.11 Å². The normalized spacial score (nSPS) is 17.9. The summed E-state index contributed by atoms with van der Waals surface area (Å²) in [6.07, 6.45) is 2.84. The summed E-state index contributed by atoms with van der Waals surface area (Å²) < 4.78 is 4.54. The van der Waals surface area contributed by atoms with Gasteiger partial charge in [-0.25, -0.2) is 4.79 Å². The Kier molecular flexibility index (Phi) is 2.45. The second-order valence-electron chi connectivity index (χ2n) is 2.19. The van der Waals surface area contributed by atoms with E-state index in [9.17, 15) is 4.79 Å².